The molecule has 1 fully saturated rings. The number of carbonyl (C=O) groups excluding carboxylic acids is 1. The first-order valence-electron chi connectivity index (χ1n) is 7.92. The molecule has 1 saturated heterocycles. The number of hydrogen-bond donors (Lipinski definition) is 1. The van der Waals surface area contributed by atoms with Crippen LogP contribution in [0.3, 0.4) is 0 Å². The Morgan fingerprint density at radius 1 is 1.04 bits per heavy atom. The Morgan fingerprint density at radius 3 is 2.29 bits per heavy atom. The van der Waals surface area contributed by atoms with Crippen molar-refractivity contribution in [1.82, 2.24) is 4.90 Å². The fourth-order valence-corrected chi connectivity index (χ4v) is 3.15. The third-order valence-electron chi connectivity index (χ3n) is 4.32. The minimum absolute atomic E-state index is 0.137. The Labute approximate surface area is 140 Å². The molecule has 2 atom stereocenters. The van der Waals surface area contributed by atoms with Gasteiger partial charge in [0.2, 0.25) is 0 Å². The van der Waals surface area contributed by atoms with Crippen molar-refractivity contribution in [1.29, 1.82) is 0 Å². The van der Waals surface area contributed by atoms with Crippen LogP contribution in [0.1, 0.15) is 23.5 Å². The molecule has 5 nitrogen and oxygen atoms in total. The number of carboxylic acids is 1. The van der Waals surface area contributed by atoms with E-state index in [1.807, 2.05) is 60.7 Å². The monoisotopic (exact) mass is 325 g/mol. The van der Waals surface area contributed by atoms with E-state index in [0.717, 1.165) is 11.1 Å². The minimum atomic E-state index is -1.00. The predicted octanol–water partition coefficient (Wildman–Crippen LogP) is 3.27. The van der Waals surface area contributed by atoms with Gasteiger partial charge in [0.15, 0.2) is 0 Å². The van der Waals surface area contributed by atoms with Crippen LogP contribution in [0.5, 0.6) is 0 Å². The van der Waals surface area contributed by atoms with Crippen molar-refractivity contribution in [2.75, 3.05) is 6.54 Å². The second-order valence-electron chi connectivity index (χ2n) is 5.82. The van der Waals surface area contributed by atoms with Gasteiger partial charge in [-0.3, -0.25) is 4.90 Å². The molecule has 5 heteroatoms. The lowest BCUT2D eigenvalue weighted by Gasteiger charge is -2.24. The first kappa shape index (κ1) is 16.1. The van der Waals surface area contributed by atoms with Gasteiger partial charge in [-0.1, -0.05) is 60.7 Å². The summed E-state index contributed by atoms with van der Waals surface area (Å²) in [5.41, 5.74) is 1.81. The number of amides is 1. The molecule has 0 aromatic heterocycles. The predicted molar refractivity (Wildman–Crippen MR) is 88.6 cm³/mol. The topological polar surface area (TPSA) is 66.8 Å². The van der Waals surface area contributed by atoms with Crippen LogP contribution in [0, 0.1) is 0 Å². The average Bonchev–Trinajstić information content (AvgIpc) is 3.07. The van der Waals surface area contributed by atoms with Crippen LogP contribution in [-0.2, 0) is 16.1 Å². The number of rotatable bonds is 4. The van der Waals surface area contributed by atoms with Crippen molar-refractivity contribution in [2.24, 2.45) is 0 Å². The number of aliphatic carboxylic acids is 1. The molecular formula is C19H19NO4. The Hall–Kier alpha value is -2.82. The standard InChI is InChI=1S/C19H19NO4/c21-18(22)17-16(15-9-5-2-6-10-15)11-12-20(17)19(23)24-13-14-7-3-1-4-8-14/h1-10,16-17H,11-13H2,(H,21,22)/t16-,17-/m0/s1. The third kappa shape index (κ3) is 3.40. The van der Waals surface area contributed by atoms with Crippen LogP contribution in [-0.4, -0.2) is 34.7 Å². The molecule has 1 aliphatic rings. The van der Waals surface area contributed by atoms with Crippen LogP contribution >= 0.6 is 0 Å². The Kier molecular flexibility index (Phi) is 4.79. The average molecular weight is 325 g/mol. The number of nitrogens with zero attached hydrogens (tertiary/aromatic N) is 1. The van der Waals surface area contributed by atoms with E-state index in [9.17, 15) is 14.7 Å². The summed E-state index contributed by atoms with van der Waals surface area (Å²) in [4.78, 5) is 25.4. The summed E-state index contributed by atoms with van der Waals surface area (Å²) in [5, 5.41) is 9.60. The summed E-state index contributed by atoms with van der Waals surface area (Å²) in [6.45, 7) is 0.517. The van der Waals surface area contributed by atoms with Gasteiger partial charge >= 0.3 is 12.1 Å². The zero-order valence-corrected chi connectivity index (χ0v) is 13.2. The summed E-state index contributed by atoms with van der Waals surface area (Å²) >= 11 is 0. The molecule has 0 unspecified atom stereocenters. The lowest BCUT2D eigenvalue weighted by atomic mass is 9.92. The zero-order chi connectivity index (χ0) is 16.9. The fourth-order valence-electron chi connectivity index (χ4n) is 3.15. The Balaban J connectivity index is 1.70. The van der Waals surface area contributed by atoms with Gasteiger partial charge in [-0.05, 0) is 17.5 Å². The maximum absolute atomic E-state index is 12.4. The molecule has 2 aromatic carbocycles. The van der Waals surface area contributed by atoms with Crippen LogP contribution in [0.2, 0.25) is 0 Å². The van der Waals surface area contributed by atoms with Crippen molar-refractivity contribution in [3.05, 3.63) is 71.8 Å². The smallest absolute Gasteiger partial charge is 0.410 e. The van der Waals surface area contributed by atoms with Crippen molar-refractivity contribution in [3.8, 4) is 0 Å². The minimum Gasteiger partial charge on any atom is -0.480 e. The lowest BCUT2D eigenvalue weighted by molar-refractivity contribution is -0.142. The summed E-state index contributed by atoms with van der Waals surface area (Å²) in [7, 11) is 0. The van der Waals surface area contributed by atoms with Crippen molar-refractivity contribution in [2.45, 2.75) is 25.0 Å². The third-order valence-corrected chi connectivity index (χ3v) is 4.32. The van der Waals surface area contributed by atoms with E-state index in [1.165, 1.54) is 4.90 Å². The van der Waals surface area contributed by atoms with Gasteiger partial charge in [-0.25, -0.2) is 9.59 Å². The van der Waals surface area contributed by atoms with Gasteiger partial charge in [0, 0.05) is 12.5 Å². The summed E-state index contributed by atoms with van der Waals surface area (Å²) in [5.74, 6) is -1.22. The van der Waals surface area contributed by atoms with Crippen molar-refractivity contribution in [3.63, 3.8) is 0 Å². The molecule has 124 valence electrons. The van der Waals surface area contributed by atoms with E-state index in [-0.39, 0.29) is 12.5 Å². The second kappa shape index (κ2) is 7.17. The molecule has 1 heterocycles. The summed E-state index contributed by atoms with van der Waals surface area (Å²) in [6, 6.07) is 17.9. The molecule has 0 radical (unpaired) electrons. The van der Waals surface area contributed by atoms with E-state index in [2.05, 4.69) is 0 Å². The molecule has 24 heavy (non-hydrogen) atoms. The van der Waals surface area contributed by atoms with E-state index >= 15 is 0 Å². The molecular weight excluding hydrogens is 306 g/mol. The van der Waals surface area contributed by atoms with Crippen LogP contribution < -0.4 is 0 Å². The highest BCUT2D eigenvalue weighted by atomic mass is 16.6. The van der Waals surface area contributed by atoms with E-state index < -0.39 is 18.1 Å². The number of hydrogen-bond acceptors (Lipinski definition) is 3. The SMILES string of the molecule is O=C(O)[C@@H]1[C@H](c2ccccc2)CCN1C(=O)OCc1ccccc1. The Bertz CT molecular complexity index is 702. The maximum atomic E-state index is 12.4. The van der Waals surface area contributed by atoms with Crippen molar-refractivity contribution >= 4 is 12.1 Å². The molecule has 0 aliphatic carbocycles. The van der Waals surface area contributed by atoms with Crippen molar-refractivity contribution < 1.29 is 19.4 Å². The molecule has 0 bridgehead atoms. The quantitative estimate of drug-likeness (QED) is 0.937. The van der Waals surface area contributed by atoms with Gasteiger partial charge in [0.1, 0.15) is 12.6 Å². The van der Waals surface area contributed by atoms with Crippen LogP contribution in [0.15, 0.2) is 60.7 Å². The first-order chi connectivity index (χ1) is 11.7. The second-order valence-corrected chi connectivity index (χ2v) is 5.82. The molecule has 1 N–H and O–H groups in total. The first-order valence-corrected chi connectivity index (χ1v) is 7.92. The van der Waals surface area contributed by atoms with Gasteiger partial charge < -0.3 is 9.84 Å². The van der Waals surface area contributed by atoms with Gasteiger partial charge in [-0.15, -0.1) is 0 Å². The van der Waals surface area contributed by atoms with Crippen LogP contribution in [0.4, 0.5) is 4.79 Å². The number of benzene rings is 2. The van der Waals surface area contributed by atoms with E-state index in [4.69, 9.17) is 4.74 Å². The number of carbonyl (C=O) groups is 2. The molecule has 1 amide bonds. The highest BCUT2D eigenvalue weighted by Gasteiger charge is 2.43. The van der Waals surface area contributed by atoms with E-state index in [1.54, 1.807) is 0 Å². The lowest BCUT2D eigenvalue weighted by Crippen LogP contribution is -2.42. The Morgan fingerprint density at radius 2 is 1.67 bits per heavy atom. The summed E-state index contributed by atoms with van der Waals surface area (Å²) < 4.78 is 5.30. The maximum Gasteiger partial charge on any atom is 0.410 e. The molecule has 3 rings (SSSR count). The molecule has 0 spiro atoms. The van der Waals surface area contributed by atoms with E-state index in [0.29, 0.717) is 13.0 Å². The van der Waals surface area contributed by atoms with Crippen LogP contribution in [0.25, 0.3) is 0 Å². The van der Waals surface area contributed by atoms with Gasteiger partial charge in [-0.2, -0.15) is 0 Å². The summed E-state index contributed by atoms with van der Waals surface area (Å²) in [6.07, 6.45) is 0.0335. The number of likely N-dealkylation sites (tertiary alicyclic amines) is 1. The fraction of sp³-hybridized carbons (Fsp3) is 0.263. The zero-order valence-electron chi connectivity index (χ0n) is 13.2. The molecule has 2 aromatic rings. The highest BCUT2D eigenvalue weighted by Crippen LogP contribution is 2.34. The van der Waals surface area contributed by atoms with Gasteiger partial charge in [0.05, 0.1) is 0 Å². The largest absolute Gasteiger partial charge is 0.480 e. The normalized spacial score (nSPS) is 19.9. The van der Waals surface area contributed by atoms with Gasteiger partial charge in [0.25, 0.3) is 0 Å². The molecule has 1 aliphatic heterocycles. The molecule has 0 saturated carbocycles. The number of carboxylic acid groups (broad SMARTS) is 1. The highest BCUT2D eigenvalue weighted by molar-refractivity contribution is 5.82. The number of ether oxygens (including phenoxy) is 1.